The van der Waals surface area contributed by atoms with E-state index in [1.165, 1.54) is 0 Å². The zero-order valence-electron chi connectivity index (χ0n) is 10.5. The molecule has 0 saturated heterocycles. The minimum absolute atomic E-state index is 0.0503. The van der Waals surface area contributed by atoms with Gasteiger partial charge in [-0.1, -0.05) is 20.3 Å². The van der Waals surface area contributed by atoms with Crippen molar-refractivity contribution >= 4 is 11.8 Å². The van der Waals surface area contributed by atoms with Crippen molar-refractivity contribution in [3.05, 3.63) is 0 Å². The summed E-state index contributed by atoms with van der Waals surface area (Å²) in [7, 11) is 1.56. The molecule has 4 nitrogen and oxygen atoms in total. The summed E-state index contributed by atoms with van der Waals surface area (Å²) in [6.45, 7) is 4.69. The fourth-order valence-corrected chi connectivity index (χ4v) is 1.22. The molecule has 0 spiro atoms. The monoisotopic (exact) mass is 230 g/mol. The molecule has 0 aliphatic carbocycles. The molecule has 16 heavy (non-hydrogen) atoms. The van der Waals surface area contributed by atoms with Crippen LogP contribution < -0.4 is 0 Å². The van der Waals surface area contributed by atoms with Crippen LogP contribution in [0.1, 0.15) is 39.5 Å². The van der Waals surface area contributed by atoms with Crippen molar-refractivity contribution in [1.29, 1.82) is 0 Å². The number of unbranched alkanes of at least 4 members (excludes halogenated alkanes) is 1. The summed E-state index contributed by atoms with van der Waals surface area (Å²) in [6.07, 6.45) is 2.29. The molecule has 4 heteroatoms. The van der Waals surface area contributed by atoms with Gasteiger partial charge < -0.3 is 9.47 Å². The predicted molar refractivity (Wildman–Crippen MR) is 61.1 cm³/mol. The van der Waals surface area contributed by atoms with Gasteiger partial charge in [-0.3, -0.25) is 9.59 Å². The average Bonchev–Trinajstić information content (AvgIpc) is 2.26. The average molecular weight is 230 g/mol. The van der Waals surface area contributed by atoms with Gasteiger partial charge in [0.25, 0.3) is 0 Å². The quantitative estimate of drug-likeness (QED) is 0.449. The van der Waals surface area contributed by atoms with Crippen LogP contribution in [0.3, 0.4) is 0 Å². The number of carbonyl (C=O) groups is 2. The van der Waals surface area contributed by atoms with E-state index in [1.54, 1.807) is 14.0 Å². The molecule has 0 radical (unpaired) electrons. The normalized spacial score (nSPS) is 12.2. The summed E-state index contributed by atoms with van der Waals surface area (Å²) in [5.74, 6) is -0.380. The summed E-state index contributed by atoms with van der Waals surface area (Å²) in [4.78, 5) is 22.7. The highest BCUT2D eigenvalue weighted by Gasteiger charge is 2.14. The number of rotatable bonds is 9. The molecular formula is C12H22O4. The smallest absolute Gasteiger partial charge is 0.306 e. The highest BCUT2D eigenvalue weighted by Crippen LogP contribution is 2.05. The van der Waals surface area contributed by atoms with Crippen molar-refractivity contribution < 1.29 is 19.1 Å². The van der Waals surface area contributed by atoms with E-state index in [9.17, 15) is 9.59 Å². The lowest BCUT2D eigenvalue weighted by Crippen LogP contribution is -2.18. The fraction of sp³-hybridized carbons (Fsp3) is 0.833. The number of esters is 1. The van der Waals surface area contributed by atoms with Gasteiger partial charge in [-0.05, 0) is 6.42 Å². The Morgan fingerprint density at radius 3 is 2.50 bits per heavy atom. The van der Waals surface area contributed by atoms with Gasteiger partial charge >= 0.3 is 5.97 Å². The van der Waals surface area contributed by atoms with E-state index in [-0.39, 0.29) is 30.5 Å². The standard InChI is InChI=1S/C12H22O4/c1-4-5-8-16-12(14)7-6-11(13)10(2)9-15-3/h10H,4-9H2,1-3H3. The second-order valence-corrected chi connectivity index (χ2v) is 3.90. The number of ketones is 1. The first-order chi connectivity index (χ1) is 7.61. The van der Waals surface area contributed by atoms with Gasteiger partial charge in [0.05, 0.1) is 19.6 Å². The second-order valence-electron chi connectivity index (χ2n) is 3.90. The first kappa shape index (κ1) is 15.1. The maximum absolute atomic E-state index is 11.5. The van der Waals surface area contributed by atoms with Crippen LogP contribution in [0.25, 0.3) is 0 Å². The van der Waals surface area contributed by atoms with Crippen LogP contribution in [0.5, 0.6) is 0 Å². The number of ether oxygens (including phenoxy) is 2. The number of carbonyl (C=O) groups excluding carboxylic acids is 2. The van der Waals surface area contributed by atoms with Gasteiger partial charge in [-0.2, -0.15) is 0 Å². The van der Waals surface area contributed by atoms with Gasteiger partial charge in [0.1, 0.15) is 5.78 Å². The lowest BCUT2D eigenvalue weighted by atomic mass is 10.0. The zero-order chi connectivity index (χ0) is 12.4. The Labute approximate surface area is 97.3 Å². The summed E-state index contributed by atoms with van der Waals surface area (Å²) in [5, 5.41) is 0. The van der Waals surface area contributed by atoms with Crippen LogP contribution in [-0.2, 0) is 19.1 Å². The molecule has 1 unspecified atom stereocenters. The molecule has 0 bridgehead atoms. The van der Waals surface area contributed by atoms with Gasteiger partial charge in [-0.25, -0.2) is 0 Å². The molecular weight excluding hydrogens is 208 g/mol. The molecule has 0 saturated carbocycles. The molecule has 0 aromatic rings. The van der Waals surface area contributed by atoms with Gasteiger partial charge in [-0.15, -0.1) is 0 Å². The number of methoxy groups -OCH3 is 1. The molecule has 94 valence electrons. The second kappa shape index (κ2) is 9.33. The van der Waals surface area contributed by atoms with E-state index in [0.29, 0.717) is 13.2 Å². The molecule has 0 aromatic carbocycles. The lowest BCUT2D eigenvalue weighted by Gasteiger charge is -2.08. The van der Waals surface area contributed by atoms with Gasteiger partial charge in [0.2, 0.25) is 0 Å². The van der Waals surface area contributed by atoms with Crippen molar-refractivity contribution in [2.75, 3.05) is 20.3 Å². The topological polar surface area (TPSA) is 52.6 Å². The minimum atomic E-state index is -0.286. The molecule has 0 rings (SSSR count). The van der Waals surface area contributed by atoms with Crippen LogP contribution in [0, 0.1) is 5.92 Å². The van der Waals surface area contributed by atoms with Crippen molar-refractivity contribution in [3.8, 4) is 0 Å². The molecule has 0 amide bonds. The van der Waals surface area contributed by atoms with Gasteiger partial charge in [0.15, 0.2) is 0 Å². The van der Waals surface area contributed by atoms with Crippen LogP contribution >= 0.6 is 0 Å². The van der Waals surface area contributed by atoms with E-state index in [2.05, 4.69) is 0 Å². The SMILES string of the molecule is CCCCOC(=O)CCC(=O)C(C)COC. The first-order valence-electron chi connectivity index (χ1n) is 5.79. The largest absolute Gasteiger partial charge is 0.466 e. The van der Waals surface area contributed by atoms with Crippen molar-refractivity contribution in [3.63, 3.8) is 0 Å². The molecule has 0 heterocycles. The molecule has 0 aliphatic rings. The van der Waals surface area contributed by atoms with Crippen LogP contribution in [-0.4, -0.2) is 32.1 Å². The van der Waals surface area contributed by atoms with Crippen LogP contribution in [0.2, 0.25) is 0 Å². The van der Waals surface area contributed by atoms with Crippen molar-refractivity contribution in [2.45, 2.75) is 39.5 Å². The highest BCUT2D eigenvalue weighted by atomic mass is 16.5. The van der Waals surface area contributed by atoms with Gasteiger partial charge in [0, 0.05) is 19.4 Å². The predicted octanol–water partition coefficient (Wildman–Crippen LogP) is 1.96. The summed E-state index contributed by atoms with van der Waals surface area (Å²) in [5.41, 5.74) is 0. The zero-order valence-corrected chi connectivity index (χ0v) is 10.5. The first-order valence-corrected chi connectivity index (χ1v) is 5.79. The van der Waals surface area contributed by atoms with E-state index in [1.807, 2.05) is 6.92 Å². The maximum Gasteiger partial charge on any atom is 0.306 e. The highest BCUT2D eigenvalue weighted by molar-refractivity contribution is 5.84. The number of hydrogen-bond acceptors (Lipinski definition) is 4. The molecule has 1 atom stereocenters. The van der Waals surface area contributed by atoms with Crippen molar-refractivity contribution in [2.24, 2.45) is 5.92 Å². The van der Waals surface area contributed by atoms with E-state index in [0.717, 1.165) is 12.8 Å². The molecule has 0 aromatic heterocycles. The van der Waals surface area contributed by atoms with Crippen molar-refractivity contribution in [1.82, 2.24) is 0 Å². The Balaban J connectivity index is 3.62. The maximum atomic E-state index is 11.5. The lowest BCUT2D eigenvalue weighted by molar-refractivity contribution is -0.145. The van der Waals surface area contributed by atoms with Crippen LogP contribution in [0.15, 0.2) is 0 Å². The molecule has 0 fully saturated rings. The third-order valence-electron chi connectivity index (χ3n) is 2.30. The Bertz CT molecular complexity index is 213. The minimum Gasteiger partial charge on any atom is -0.466 e. The van der Waals surface area contributed by atoms with E-state index >= 15 is 0 Å². The Morgan fingerprint density at radius 2 is 1.94 bits per heavy atom. The molecule has 0 N–H and O–H groups in total. The number of Topliss-reactive ketones (excluding diaryl/α,β-unsaturated/α-hetero) is 1. The summed E-state index contributed by atoms with van der Waals surface area (Å²) in [6, 6.07) is 0. The van der Waals surface area contributed by atoms with E-state index < -0.39 is 0 Å². The third kappa shape index (κ3) is 7.40. The summed E-state index contributed by atoms with van der Waals surface area (Å²) < 4.78 is 9.82. The Kier molecular flexibility index (Phi) is 8.81. The Hall–Kier alpha value is -0.900. The third-order valence-corrected chi connectivity index (χ3v) is 2.30. The molecule has 0 aliphatic heterocycles. The Morgan fingerprint density at radius 1 is 1.25 bits per heavy atom. The number of hydrogen-bond donors (Lipinski definition) is 0. The fourth-order valence-electron chi connectivity index (χ4n) is 1.22. The summed E-state index contributed by atoms with van der Waals surface area (Å²) >= 11 is 0. The van der Waals surface area contributed by atoms with E-state index in [4.69, 9.17) is 9.47 Å². The van der Waals surface area contributed by atoms with Crippen LogP contribution in [0.4, 0.5) is 0 Å².